The molecular weight excluding hydrogens is 442 g/mol. The molecule has 0 unspecified atom stereocenters. The van der Waals surface area contributed by atoms with E-state index in [0.29, 0.717) is 41.7 Å². The van der Waals surface area contributed by atoms with Crippen molar-refractivity contribution in [2.75, 3.05) is 25.9 Å². The summed E-state index contributed by atoms with van der Waals surface area (Å²) in [7, 11) is -3.27. The van der Waals surface area contributed by atoms with Gasteiger partial charge in [-0.15, -0.1) is 0 Å². The Morgan fingerprint density at radius 1 is 1.30 bits per heavy atom. The average Bonchev–Trinajstić information content (AvgIpc) is 3.37. The van der Waals surface area contributed by atoms with E-state index in [9.17, 15) is 18.0 Å². The van der Waals surface area contributed by atoms with Crippen molar-refractivity contribution in [3.63, 3.8) is 0 Å². The fraction of sp³-hybridized carbons (Fsp3) is 0.417. The van der Waals surface area contributed by atoms with Gasteiger partial charge >= 0.3 is 0 Å². The van der Waals surface area contributed by atoms with Gasteiger partial charge < -0.3 is 14.3 Å². The zero-order chi connectivity index (χ0) is 24.0. The van der Waals surface area contributed by atoms with Crippen molar-refractivity contribution in [2.24, 2.45) is 5.92 Å². The number of furan rings is 1. The van der Waals surface area contributed by atoms with Crippen LogP contribution in [0.15, 0.2) is 45.9 Å². The number of pyridine rings is 1. The van der Waals surface area contributed by atoms with Gasteiger partial charge in [0.1, 0.15) is 11.8 Å². The van der Waals surface area contributed by atoms with Crippen molar-refractivity contribution in [2.45, 2.75) is 32.6 Å². The number of rotatable bonds is 5. The standard InChI is InChI=1S/C24H29N3O5S/c1-24(2,3)20-11-16(17-6-5-8-25-22(17)28)10-18-19(14-32-21(18)20)23(29)27-9-7-15(13-27)12-26-33(4,30)31/h5-6,8,10-11,14-15,26H,7,9,12-13H2,1-4H3,(H,25,28)/t15-/m0/s1. The van der Waals surface area contributed by atoms with Gasteiger partial charge in [0.25, 0.3) is 11.5 Å². The first-order valence-electron chi connectivity index (χ1n) is 10.9. The van der Waals surface area contributed by atoms with Gasteiger partial charge in [0.15, 0.2) is 0 Å². The van der Waals surface area contributed by atoms with Crippen LogP contribution in [-0.4, -0.2) is 50.1 Å². The van der Waals surface area contributed by atoms with E-state index in [1.807, 2.05) is 12.1 Å². The molecule has 0 aliphatic carbocycles. The maximum absolute atomic E-state index is 13.4. The highest BCUT2D eigenvalue weighted by Crippen LogP contribution is 2.37. The molecule has 9 heteroatoms. The summed E-state index contributed by atoms with van der Waals surface area (Å²) in [5.41, 5.74) is 2.77. The van der Waals surface area contributed by atoms with Crippen LogP contribution in [0.5, 0.6) is 0 Å². The second kappa shape index (κ2) is 8.46. The predicted molar refractivity (Wildman–Crippen MR) is 128 cm³/mol. The lowest BCUT2D eigenvalue weighted by molar-refractivity contribution is 0.0788. The Morgan fingerprint density at radius 2 is 2.06 bits per heavy atom. The quantitative estimate of drug-likeness (QED) is 0.594. The number of amides is 1. The van der Waals surface area contributed by atoms with Gasteiger partial charge in [-0.3, -0.25) is 9.59 Å². The smallest absolute Gasteiger partial charge is 0.257 e. The Morgan fingerprint density at radius 3 is 2.73 bits per heavy atom. The molecule has 3 heterocycles. The summed E-state index contributed by atoms with van der Waals surface area (Å²) in [4.78, 5) is 30.3. The maximum atomic E-state index is 13.4. The lowest BCUT2D eigenvalue weighted by Gasteiger charge is -2.21. The molecule has 0 saturated carbocycles. The molecule has 4 rings (SSSR count). The van der Waals surface area contributed by atoms with Crippen molar-refractivity contribution >= 4 is 26.9 Å². The monoisotopic (exact) mass is 471 g/mol. The second-order valence-electron chi connectivity index (χ2n) is 9.74. The lowest BCUT2D eigenvalue weighted by atomic mass is 9.84. The molecule has 1 amide bonds. The number of fused-ring (bicyclic) bond motifs is 1. The van der Waals surface area contributed by atoms with Crippen LogP contribution in [-0.2, 0) is 15.4 Å². The van der Waals surface area contributed by atoms with Crippen LogP contribution < -0.4 is 10.3 Å². The van der Waals surface area contributed by atoms with E-state index in [-0.39, 0.29) is 22.8 Å². The van der Waals surface area contributed by atoms with Crippen molar-refractivity contribution in [1.29, 1.82) is 0 Å². The van der Waals surface area contributed by atoms with Crippen LogP contribution in [0, 0.1) is 5.92 Å². The highest BCUT2D eigenvalue weighted by molar-refractivity contribution is 7.88. The van der Waals surface area contributed by atoms with Crippen molar-refractivity contribution in [3.05, 3.63) is 58.2 Å². The van der Waals surface area contributed by atoms with Crippen molar-refractivity contribution < 1.29 is 17.6 Å². The minimum atomic E-state index is -3.27. The molecule has 1 atom stereocenters. The van der Waals surface area contributed by atoms with Crippen LogP contribution in [0.2, 0.25) is 0 Å². The van der Waals surface area contributed by atoms with Gasteiger partial charge in [0.05, 0.1) is 11.8 Å². The van der Waals surface area contributed by atoms with Gasteiger partial charge in [0.2, 0.25) is 10.0 Å². The number of carbonyl (C=O) groups is 1. The van der Waals surface area contributed by atoms with Gasteiger partial charge in [-0.2, -0.15) is 0 Å². The zero-order valence-corrected chi connectivity index (χ0v) is 20.1. The molecule has 176 valence electrons. The Hall–Kier alpha value is -2.91. The first-order chi connectivity index (χ1) is 15.4. The van der Waals surface area contributed by atoms with Crippen LogP contribution >= 0.6 is 0 Å². The number of nitrogens with one attached hydrogen (secondary N) is 2. The Kier molecular flexibility index (Phi) is 5.96. The third-order valence-corrected chi connectivity index (χ3v) is 6.74. The Labute approximate surface area is 193 Å². The minimum Gasteiger partial charge on any atom is -0.463 e. The van der Waals surface area contributed by atoms with Gasteiger partial charge in [-0.1, -0.05) is 20.8 Å². The van der Waals surface area contributed by atoms with Gasteiger partial charge in [0, 0.05) is 42.3 Å². The van der Waals surface area contributed by atoms with Crippen LogP contribution in [0.25, 0.3) is 22.1 Å². The van der Waals surface area contributed by atoms with Crippen molar-refractivity contribution in [3.8, 4) is 11.1 Å². The molecule has 0 spiro atoms. The summed E-state index contributed by atoms with van der Waals surface area (Å²) in [6, 6.07) is 7.32. The normalized spacial score (nSPS) is 17.1. The number of likely N-dealkylation sites (tertiary alicyclic amines) is 1. The van der Waals surface area contributed by atoms with E-state index in [2.05, 4.69) is 30.5 Å². The third-order valence-electron chi connectivity index (χ3n) is 6.05. The van der Waals surface area contributed by atoms with Crippen molar-refractivity contribution in [1.82, 2.24) is 14.6 Å². The summed E-state index contributed by atoms with van der Waals surface area (Å²) in [5, 5.41) is 0.670. The number of sulfonamides is 1. The average molecular weight is 472 g/mol. The summed E-state index contributed by atoms with van der Waals surface area (Å²) in [5.74, 6) is -0.0972. The van der Waals surface area contributed by atoms with Crippen LogP contribution in [0.3, 0.4) is 0 Å². The fourth-order valence-electron chi connectivity index (χ4n) is 4.29. The number of carbonyl (C=O) groups excluding carboxylic acids is 1. The first-order valence-corrected chi connectivity index (χ1v) is 12.8. The Bertz CT molecular complexity index is 1360. The largest absolute Gasteiger partial charge is 0.463 e. The second-order valence-corrected chi connectivity index (χ2v) is 11.6. The summed E-state index contributed by atoms with van der Waals surface area (Å²) in [6.45, 7) is 7.51. The molecule has 33 heavy (non-hydrogen) atoms. The molecule has 0 bridgehead atoms. The number of hydrogen-bond acceptors (Lipinski definition) is 5. The van der Waals surface area contributed by atoms with Gasteiger partial charge in [-0.05, 0) is 47.6 Å². The number of hydrogen-bond donors (Lipinski definition) is 2. The third kappa shape index (κ3) is 4.89. The first kappa shape index (κ1) is 23.3. The Balaban J connectivity index is 1.72. The summed E-state index contributed by atoms with van der Waals surface area (Å²) >= 11 is 0. The highest BCUT2D eigenvalue weighted by Gasteiger charge is 2.31. The number of benzene rings is 1. The van der Waals surface area contributed by atoms with E-state index in [1.165, 1.54) is 6.26 Å². The molecule has 2 N–H and O–H groups in total. The SMILES string of the molecule is CC(C)(C)c1cc(-c2ccc[nH]c2=O)cc2c(C(=O)N3CC[C@@H](CNS(C)(=O)=O)C3)coc12. The number of nitrogens with zero attached hydrogens (tertiary/aromatic N) is 1. The van der Waals surface area contributed by atoms with E-state index >= 15 is 0 Å². The molecule has 1 aliphatic heterocycles. The van der Waals surface area contributed by atoms with E-state index in [0.717, 1.165) is 23.8 Å². The molecule has 8 nitrogen and oxygen atoms in total. The highest BCUT2D eigenvalue weighted by atomic mass is 32.2. The van der Waals surface area contributed by atoms with E-state index in [4.69, 9.17) is 4.42 Å². The van der Waals surface area contributed by atoms with Crippen LogP contribution in [0.1, 0.15) is 43.1 Å². The lowest BCUT2D eigenvalue weighted by Crippen LogP contribution is -2.32. The number of aromatic amines is 1. The summed E-state index contributed by atoms with van der Waals surface area (Å²) in [6.07, 6.45) is 4.93. The van der Waals surface area contributed by atoms with E-state index in [1.54, 1.807) is 23.2 Å². The predicted octanol–water partition coefficient (Wildman–Crippen LogP) is 3.10. The number of H-pyrrole nitrogens is 1. The summed E-state index contributed by atoms with van der Waals surface area (Å²) < 4.78 is 31.2. The molecule has 1 aromatic carbocycles. The zero-order valence-electron chi connectivity index (χ0n) is 19.3. The van der Waals surface area contributed by atoms with E-state index < -0.39 is 10.0 Å². The topological polar surface area (TPSA) is 112 Å². The molecule has 2 aromatic heterocycles. The number of aromatic nitrogens is 1. The van der Waals surface area contributed by atoms with Crippen LogP contribution in [0.4, 0.5) is 0 Å². The molecule has 3 aromatic rings. The molecular formula is C24H29N3O5S. The molecule has 1 fully saturated rings. The molecule has 1 saturated heterocycles. The fourth-order valence-corrected chi connectivity index (χ4v) is 4.83. The van der Waals surface area contributed by atoms with Gasteiger partial charge in [-0.25, -0.2) is 13.1 Å². The maximum Gasteiger partial charge on any atom is 0.257 e. The minimum absolute atomic E-state index is 0.0606. The molecule has 1 aliphatic rings. The molecule has 0 radical (unpaired) electrons.